The van der Waals surface area contributed by atoms with Gasteiger partial charge in [0.2, 0.25) is 15.9 Å². The number of rotatable bonds is 8. The maximum Gasteiger partial charge on any atom is 0.407 e. The van der Waals surface area contributed by atoms with Crippen LogP contribution in [0.5, 0.6) is 0 Å². The number of pyridine rings is 1. The Morgan fingerprint density at radius 3 is 2.57 bits per heavy atom. The van der Waals surface area contributed by atoms with E-state index in [2.05, 4.69) is 20.0 Å². The monoisotopic (exact) mass is 639 g/mol. The van der Waals surface area contributed by atoms with E-state index in [1.807, 2.05) is 19.9 Å². The van der Waals surface area contributed by atoms with Gasteiger partial charge >= 0.3 is 6.09 Å². The molecule has 3 aliphatic rings. The van der Waals surface area contributed by atoms with Gasteiger partial charge in [0, 0.05) is 19.1 Å². The molecule has 1 saturated heterocycles. The van der Waals surface area contributed by atoms with Crippen LogP contribution in [-0.2, 0) is 21.4 Å². The first-order valence-corrected chi connectivity index (χ1v) is 16.6. The molecule has 4 heterocycles. The summed E-state index contributed by atoms with van der Waals surface area (Å²) >= 11 is 1.32. The molecule has 3 aromatic rings. The summed E-state index contributed by atoms with van der Waals surface area (Å²) in [4.78, 5) is 51.9. The van der Waals surface area contributed by atoms with Gasteiger partial charge in [0.25, 0.3) is 5.91 Å². The molecular weight excluding hydrogens is 606 g/mol. The molecular formula is C29H33N7O6S2. The molecule has 13 nitrogen and oxygen atoms in total. The summed E-state index contributed by atoms with van der Waals surface area (Å²) in [5.74, 6) is 0.645. The van der Waals surface area contributed by atoms with Gasteiger partial charge in [-0.15, -0.1) is 0 Å². The number of benzene rings is 1. The minimum Gasteiger partial charge on any atom is -0.465 e. The molecule has 2 aromatic heterocycles. The normalized spacial score (nSPS) is 19.4. The van der Waals surface area contributed by atoms with Gasteiger partial charge in [0.1, 0.15) is 18.2 Å². The Bertz CT molecular complexity index is 1790. The molecule has 3 amide bonds. The first-order chi connectivity index (χ1) is 20.9. The van der Waals surface area contributed by atoms with Crippen LogP contribution in [0.1, 0.15) is 48.3 Å². The third-order valence-corrected chi connectivity index (χ3v) is 11.0. The topological polar surface area (TPSA) is 165 Å². The van der Waals surface area contributed by atoms with Crippen molar-refractivity contribution in [2.75, 3.05) is 30.4 Å². The van der Waals surface area contributed by atoms with Crippen molar-refractivity contribution in [3.8, 4) is 10.4 Å². The minimum absolute atomic E-state index is 0.0343. The number of carbonyl (C=O) groups excluding carboxylic acids is 2. The van der Waals surface area contributed by atoms with E-state index in [0.717, 1.165) is 22.6 Å². The fraction of sp³-hybridized carbons (Fsp3) is 0.414. The quantitative estimate of drug-likeness (QED) is 0.334. The second-order valence-corrected chi connectivity index (χ2v) is 14.3. The number of nitrogens with one attached hydrogen (secondary N) is 2. The predicted octanol–water partition coefficient (Wildman–Crippen LogP) is 3.63. The zero-order valence-electron chi connectivity index (χ0n) is 24.7. The lowest BCUT2D eigenvalue weighted by Crippen LogP contribution is -2.57. The minimum atomic E-state index is -3.93. The summed E-state index contributed by atoms with van der Waals surface area (Å²) in [6.07, 6.45) is 0.996. The van der Waals surface area contributed by atoms with E-state index in [9.17, 15) is 27.9 Å². The van der Waals surface area contributed by atoms with Crippen molar-refractivity contribution in [3.63, 3.8) is 0 Å². The number of thiazole rings is 1. The van der Waals surface area contributed by atoms with Crippen molar-refractivity contribution < 1.29 is 27.9 Å². The standard InChI is InChI=1S/C29H33N7O6S2/c1-15-12-34(29(39)40)14-24(37)36(15)23-7-5-6-22(32-23)33-28-31-16(2)26(43-28)19-10-20-13-35(17(3)18-8-9-18)27(38)25(20)21(11-19)44(41,42)30-4/h5-7,10-11,15,17-18,30H,8-9,12-14H2,1-4H3,(H,39,40)(H,31,32,33)/t15-,17?/m0/s1. The molecule has 6 rings (SSSR count). The first kappa shape index (κ1) is 30.0. The van der Waals surface area contributed by atoms with Gasteiger partial charge in [-0.2, -0.15) is 0 Å². The zero-order valence-corrected chi connectivity index (χ0v) is 26.3. The number of hydrogen-bond acceptors (Lipinski definition) is 9. The molecule has 2 aliphatic heterocycles. The number of sulfonamides is 1. The highest BCUT2D eigenvalue weighted by Crippen LogP contribution is 2.42. The number of nitrogens with zero attached hydrogens (tertiary/aromatic N) is 5. The molecule has 1 aliphatic carbocycles. The van der Waals surface area contributed by atoms with Crippen LogP contribution < -0.4 is 14.9 Å². The molecule has 2 atom stereocenters. The summed E-state index contributed by atoms with van der Waals surface area (Å²) in [5, 5.41) is 13.0. The van der Waals surface area contributed by atoms with Crippen LogP contribution in [-0.4, -0.2) is 83.4 Å². The van der Waals surface area contributed by atoms with E-state index in [-0.39, 0.29) is 41.4 Å². The van der Waals surface area contributed by atoms with E-state index in [1.54, 1.807) is 36.1 Å². The molecule has 15 heteroatoms. The number of carboxylic acid groups (broad SMARTS) is 1. The third kappa shape index (κ3) is 5.39. The van der Waals surface area contributed by atoms with Crippen LogP contribution in [0.2, 0.25) is 0 Å². The van der Waals surface area contributed by atoms with Crippen LogP contribution in [0.25, 0.3) is 10.4 Å². The SMILES string of the molecule is CNS(=O)(=O)c1cc(-c2sc(Nc3cccc(N4C(=O)CN(C(=O)O)C[C@@H]4C)n3)nc2C)cc2c1C(=O)N(C(C)C1CC1)C2. The van der Waals surface area contributed by atoms with Crippen molar-refractivity contribution in [1.82, 2.24) is 24.5 Å². The summed E-state index contributed by atoms with van der Waals surface area (Å²) in [6.45, 7) is 5.89. The lowest BCUT2D eigenvalue weighted by Gasteiger charge is -2.37. The number of aryl methyl sites for hydroxylation is 1. The summed E-state index contributed by atoms with van der Waals surface area (Å²) in [7, 11) is -2.60. The molecule has 2 fully saturated rings. The molecule has 1 unspecified atom stereocenters. The Morgan fingerprint density at radius 1 is 1.16 bits per heavy atom. The Kier molecular flexibility index (Phi) is 7.58. The molecule has 0 radical (unpaired) electrons. The van der Waals surface area contributed by atoms with Crippen LogP contribution >= 0.6 is 11.3 Å². The van der Waals surface area contributed by atoms with E-state index < -0.39 is 22.2 Å². The number of anilines is 3. The Balaban J connectivity index is 1.29. The van der Waals surface area contributed by atoms with E-state index in [4.69, 9.17) is 0 Å². The Labute approximate surface area is 259 Å². The Morgan fingerprint density at radius 2 is 1.91 bits per heavy atom. The summed E-state index contributed by atoms with van der Waals surface area (Å²) in [6, 6.07) is 8.23. The highest BCUT2D eigenvalue weighted by Gasteiger charge is 2.41. The maximum absolute atomic E-state index is 13.5. The predicted molar refractivity (Wildman–Crippen MR) is 165 cm³/mol. The highest BCUT2D eigenvalue weighted by molar-refractivity contribution is 7.89. The van der Waals surface area contributed by atoms with Crippen LogP contribution in [0.4, 0.5) is 21.6 Å². The van der Waals surface area contributed by atoms with Crippen molar-refractivity contribution in [2.24, 2.45) is 5.92 Å². The van der Waals surface area contributed by atoms with Crippen molar-refractivity contribution in [1.29, 1.82) is 0 Å². The van der Waals surface area contributed by atoms with Gasteiger partial charge in [0.05, 0.1) is 27.1 Å². The van der Waals surface area contributed by atoms with Crippen LogP contribution in [0, 0.1) is 12.8 Å². The zero-order chi connectivity index (χ0) is 31.5. The number of fused-ring (bicyclic) bond motifs is 1. The van der Waals surface area contributed by atoms with Crippen molar-refractivity contribution in [3.05, 3.63) is 47.2 Å². The van der Waals surface area contributed by atoms with Gasteiger partial charge in [-0.3, -0.25) is 19.4 Å². The van der Waals surface area contributed by atoms with Crippen LogP contribution in [0.3, 0.4) is 0 Å². The fourth-order valence-corrected chi connectivity index (χ4v) is 7.91. The van der Waals surface area contributed by atoms with Crippen molar-refractivity contribution >= 4 is 56.0 Å². The van der Waals surface area contributed by atoms with Crippen molar-refractivity contribution in [2.45, 2.75) is 57.1 Å². The number of hydrogen-bond donors (Lipinski definition) is 3. The molecule has 1 saturated carbocycles. The fourth-order valence-electron chi connectivity index (χ4n) is 5.96. The van der Waals surface area contributed by atoms with Gasteiger partial charge in [-0.25, -0.2) is 27.9 Å². The smallest absolute Gasteiger partial charge is 0.407 e. The molecule has 1 aromatic carbocycles. The summed E-state index contributed by atoms with van der Waals surface area (Å²) < 4.78 is 28.6. The number of piperazine rings is 1. The average Bonchev–Trinajstić information content (AvgIpc) is 3.69. The molecule has 232 valence electrons. The van der Waals surface area contributed by atoms with Gasteiger partial charge < -0.3 is 15.3 Å². The van der Waals surface area contributed by atoms with Gasteiger partial charge in [-0.1, -0.05) is 17.4 Å². The molecule has 0 bridgehead atoms. The number of amides is 3. The number of aromatic nitrogens is 2. The summed E-state index contributed by atoms with van der Waals surface area (Å²) in [5.41, 5.74) is 2.21. The molecule has 3 N–H and O–H groups in total. The van der Waals surface area contributed by atoms with E-state index in [0.29, 0.717) is 46.1 Å². The van der Waals surface area contributed by atoms with E-state index >= 15 is 0 Å². The second-order valence-electron chi connectivity index (χ2n) is 11.4. The average molecular weight is 640 g/mol. The highest BCUT2D eigenvalue weighted by atomic mass is 32.2. The Hall–Kier alpha value is -4.08. The second kappa shape index (κ2) is 11.1. The lowest BCUT2D eigenvalue weighted by atomic mass is 10.0. The van der Waals surface area contributed by atoms with E-state index in [1.165, 1.54) is 23.3 Å². The molecule has 44 heavy (non-hydrogen) atoms. The van der Waals surface area contributed by atoms with Gasteiger partial charge in [-0.05, 0) is 82.0 Å². The third-order valence-electron chi connectivity index (χ3n) is 8.42. The largest absolute Gasteiger partial charge is 0.465 e. The first-order valence-electron chi connectivity index (χ1n) is 14.3. The lowest BCUT2D eigenvalue weighted by molar-refractivity contribution is -0.121. The number of carbonyl (C=O) groups is 3. The maximum atomic E-state index is 13.5. The van der Waals surface area contributed by atoms with Gasteiger partial charge in [0.15, 0.2) is 5.13 Å². The molecule has 0 spiro atoms. The van der Waals surface area contributed by atoms with Crippen LogP contribution in [0.15, 0.2) is 35.2 Å².